The SMILES string of the molecule is O=C(CC1CNCCO1)Nc1nc(Cl)c2[nH]cnc2n1. The minimum Gasteiger partial charge on any atom is -0.375 e. The molecule has 1 aliphatic rings. The molecular weight excluding hydrogens is 284 g/mol. The number of rotatable bonds is 3. The van der Waals surface area contributed by atoms with Crippen molar-refractivity contribution >= 4 is 34.6 Å². The Morgan fingerprint density at radius 2 is 2.45 bits per heavy atom. The summed E-state index contributed by atoms with van der Waals surface area (Å²) in [6.07, 6.45) is 1.58. The van der Waals surface area contributed by atoms with E-state index in [1.165, 1.54) is 6.33 Å². The highest BCUT2D eigenvalue weighted by molar-refractivity contribution is 6.33. The van der Waals surface area contributed by atoms with Crippen LogP contribution in [0.15, 0.2) is 6.33 Å². The number of H-pyrrole nitrogens is 1. The molecule has 1 amide bonds. The van der Waals surface area contributed by atoms with Gasteiger partial charge in [0.25, 0.3) is 0 Å². The average Bonchev–Trinajstić information content (AvgIpc) is 2.88. The highest BCUT2D eigenvalue weighted by Gasteiger charge is 2.18. The van der Waals surface area contributed by atoms with Gasteiger partial charge in [-0.05, 0) is 0 Å². The summed E-state index contributed by atoms with van der Waals surface area (Å²) in [5.41, 5.74) is 0.959. The van der Waals surface area contributed by atoms with E-state index in [-0.39, 0.29) is 29.5 Å². The zero-order chi connectivity index (χ0) is 13.9. The van der Waals surface area contributed by atoms with Gasteiger partial charge in [-0.1, -0.05) is 11.6 Å². The molecule has 3 rings (SSSR count). The fraction of sp³-hybridized carbons (Fsp3) is 0.455. The van der Waals surface area contributed by atoms with Crippen molar-refractivity contribution in [2.45, 2.75) is 12.5 Å². The summed E-state index contributed by atoms with van der Waals surface area (Å²) in [5, 5.41) is 5.99. The smallest absolute Gasteiger partial charge is 0.233 e. The van der Waals surface area contributed by atoms with Crippen molar-refractivity contribution in [1.82, 2.24) is 25.3 Å². The number of hydrogen-bond donors (Lipinski definition) is 3. The van der Waals surface area contributed by atoms with E-state index in [0.717, 1.165) is 6.54 Å². The maximum Gasteiger partial charge on any atom is 0.233 e. The van der Waals surface area contributed by atoms with Crippen LogP contribution in [0.25, 0.3) is 11.2 Å². The first-order valence-electron chi connectivity index (χ1n) is 6.21. The molecule has 1 saturated heterocycles. The predicted octanol–water partition coefficient (Wildman–Crippen LogP) is 0.323. The van der Waals surface area contributed by atoms with E-state index in [1.807, 2.05) is 0 Å². The lowest BCUT2D eigenvalue weighted by atomic mass is 10.2. The lowest BCUT2D eigenvalue weighted by molar-refractivity contribution is -0.119. The van der Waals surface area contributed by atoms with Crippen molar-refractivity contribution in [3.05, 3.63) is 11.5 Å². The first-order valence-corrected chi connectivity index (χ1v) is 6.59. The Bertz CT molecular complexity index is 624. The van der Waals surface area contributed by atoms with Crippen molar-refractivity contribution < 1.29 is 9.53 Å². The van der Waals surface area contributed by atoms with Crippen molar-refractivity contribution in [2.75, 3.05) is 25.0 Å². The van der Waals surface area contributed by atoms with Crippen LogP contribution in [0.5, 0.6) is 0 Å². The number of imidazole rings is 1. The van der Waals surface area contributed by atoms with Crippen LogP contribution >= 0.6 is 11.6 Å². The lowest BCUT2D eigenvalue weighted by Crippen LogP contribution is -2.40. The van der Waals surface area contributed by atoms with Crippen LogP contribution in [-0.4, -0.2) is 51.6 Å². The van der Waals surface area contributed by atoms with Crippen LogP contribution in [-0.2, 0) is 9.53 Å². The third-order valence-electron chi connectivity index (χ3n) is 2.91. The predicted molar refractivity (Wildman–Crippen MR) is 72.6 cm³/mol. The number of nitrogens with zero attached hydrogens (tertiary/aromatic N) is 3. The Balaban J connectivity index is 1.67. The monoisotopic (exact) mass is 296 g/mol. The molecule has 2 aromatic heterocycles. The molecule has 1 atom stereocenters. The molecule has 0 aromatic carbocycles. The van der Waals surface area contributed by atoms with Crippen molar-refractivity contribution in [3.63, 3.8) is 0 Å². The Labute approximate surface area is 119 Å². The fourth-order valence-electron chi connectivity index (χ4n) is 1.99. The second-order valence-electron chi connectivity index (χ2n) is 4.39. The summed E-state index contributed by atoms with van der Waals surface area (Å²) >= 11 is 5.97. The standard InChI is InChI=1S/C11H13ClN6O2/c12-9-8-10(15-5-14-8)18-11(17-9)16-7(19)3-6-4-13-1-2-20-6/h5-6,13H,1-4H2,(H2,14,15,16,17,18,19). The highest BCUT2D eigenvalue weighted by atomic mass is 35.5. The Hall–Kier alpha value is -1.77. The number of amides is 1. The molecule has 2 aromatic rings. The number of nitrogens with one attached hydrogen (secondary N) is 3. The molecule has 1 fully saturated rings. The molecular formula is C11H13ClN6O2. The summed E-state index contributed by atoms with van der Waals surface area (Å²) < 4.78 is 5.46. The van der Waals surface area contributed by atoms with E-state index in [0.29, 0.717) is 24.3 Å². The van der Waals surface area contributed by atoms with Crippen LogP contribution in [0.4, 0.5) is 5.95 Å². The summed E-state index contributed by atoms with van der Waals surface area (Å²) in [6, 6.07) is 0. The highest BCUT2D eigenvalue weighted by Crippen LogP contribution is 2.18. The van der Waals surface area contributed by atoms with Crippen LogP contribution in [0.3, 0.4) is 0 Å². The molecule has 3 N–H and O–H groups in total. The van der Waals surface area contributed by atoms with Crippen molar-refractivity contribution in [2.24, 2.45) is 0 Å². The van der Waals surface area contributed by atoms with Crippen LogP contribution in [0, 0.1) is 0 Å². The fourth-order valence-corrected chi connectivity index (χ4v) is 2.21. The molecule has 0 aliphatic carbocycles. The number of aromatic nitrogens is 4. The average molecular weight is 297 g/mol. The molecule has 0 bridgehead atoms. The maximum absolute atomic E-state index is 11.9. The van der Waals surface area contributed by atoms with Gasteiger partial charge in [-0.2, -0.15) is 9.97 Å². The molecule has 8 nitrogen and oxygen atoms in total. The summed E-state index contributed by atoms with van der Waals surface area (Å²) in [6.45, 7) is 2.08. The molecule has 106 valence electrons. The normalized spacial score (nSPS) is 19.1. The molecule has 0 radical (unpaired) electrons. The summed E-state index contributed by atoms with van der Waals surface area (Å²) in [4.78, 5) is 26.8. The van der Waals surface area contributed by atoms with Gasteiger partial charge in [0.15, 0.2) is 10.8 Å². The third-order valence-corrected chi connectivity index (χ3v) is 3.18. The number of carbonyl (C=O) groups is 1. The maximum atomic E-state index is 11.9. The zero-order valence-electron chi connectivity index (χ0n) is 10.5. The van der Waals surface area contributed by atoms with Crippen molar-refractivity contribution in [3.8, 4) is 0 Å². The number of hydrogen-bond acceptors (Lipinski definition) is 6. The second-order valence-corrected chi connectivity index (χ2v) is 4.75. The van der Waals surface area contributed by atoms with E-state index in [4.69, 9.17) is 16.3 Å². The van der Waals surface area contributed by atoms with Gasteiger partial charge >= 0.3 is 0 Å². The topological polar surface area (TPSA) is 105 Å². The van der Waals surface area contributed by atoms with Gasteiger partial charge in [0.2, 0.25) is 11.9 Å². The van der Waals surface area contributed by atoms with E-state index < -0.39 is 0 Å². The third kappa shape index (κ3) is 2.87. The zero-order valence-corrected chi connectivity index (χ0v) is 11.3. The Morgan fingerprint density at radius 3 is 3.25 bits per heavy atom. The molecule has 9 heteroatoms. The van der Waals surface area contributed by atoms with E-state index in [2.05, 4.69) is 30.6 Å². The van der Waals surface area contributed by atoms with Crippen LogP contribution in [0.2, 0.25) is 5.15 Å². The molecule has 1 unspecified atom stereocenters. The van der Waals surface area contributed by atoms with Gasteiger partial charge in [-0.3, -0.25) is 10.1 Å². The number of fused-ring (bicyclic) bond motifs is 1. The number of morpholine rings is 1. The van der Waals surface area contributed by atoms with Crippen LogP contribution < -0.4 is 10.6 Å². The van der Waals surface area contributed by atoms with Gasteiger partial charge in [0.1, 0.15) is 5.52 Å². The van der Waals surface area contributed by atoms with Gasteiger partial charge in [0, 0.05) is 13.1 Å². The van der Waals surface area contributed by atoms with Gasteiger partial charge < -0.3 is 15.0 Å². The molecule has 0 spiro atoms. The molecule has 3 heterocycles. The number of aromatic amines is 1. The van der Waals surface area contributed by atoms with E-state index in [1.54, 1.807) is 0 Å². The van der Waals surface area contributed by atoms with Gasteiger partial charge in [0.05, 0.1) is 25.5 Å². The second kappa shape index (κ2) is 5.70. The number of halogens is 1. The van der Waals surface area contributed by atoms with Gasteiger partial charge in [-0.25, -0.2) is 4.98 Å². The number of anilines is 1. The van der Waals surface area contributed by atoms with E-state index in [9.17, 15) is 4.79 Å². The lowest BCUT2D eigenvalue weighted by Gasteiger charge is -2.22. The minimum absolute atomic E-state index is 0.131. The largest absolute Gasteiger partial charge is 0.375 e. The first-order chi connectivity index (χ1) is 9.72. The quantitative estimate of drug-likeness (QED) is 0.705. The van der Waals surface area contributed by atoms with Crippen molar-refractivity contribution in [1.29, 1.82) is 0 Å². The summed E-state index contributed by atoms with van der Waals surface area (Å²) in [5.74, 6) is -0.0759. The van der Waals surface area contributed by atoms with Gasteiger partial charge in [-0.15, -0.1) is 0 Å². The number of carbonyl (C=O) groups excluding carboxylic acids is 1. The van der Waals surface area contributed by atoms with E-state index >= 15 is 0 Å². The molecule has 20 heavy (non-hydrogen) atoms. The Morgan fingerprint density at radius 1 is 1.55 bits per heavy atom. The first kappa shape index (κ1) is 13.2. The Kier molecular flexibility index (Phi) is 3.77. The summed E-state index contributed by atoms with van der Waals surface area (Å²) in [7, 11) is 0. The van der Waals surface area contributed by atoms with Crippen LogP contribution in [0.1, 0.15) is 6.42 Å². The molecule has 1 aliphatic heterocycles. The number of ether oxygens (including phenoxy) is 1. The minimum atomic E-state index is -0.218. The molecule has 0 saturated carbocycles.